The Morgan fingerprint density at radius 3 is 2.81 bits per heavy atom. The molecule has 0 spiro atoms. The number of rotatable bonds is 1. The van der Waals surface area contributed by atoms with Gasteiger partial charge in [-0.05, 0) is 44.0 Å². The molecule has 1 atom stereocenters. The van der Waals surface area contributed by atoms with Gasteiger partial charge >= 0.3 is 0 Å². The van der Waals surface area contributed by atoms with Gasteiger partial charge in [0, 0.05) is 53.8 Å². The minimum absolute atomic E-state index is 0.211. The normalized spacial score (nSPS) is 15.0. The number of nitrogen functional groups attached to an aromatic ring is 1. The summed E-state index contributed by atoms with van der Waals surface area (Å²) in [6.45, 7) is 6.99. The molecule has 0 radical (unpaired) electrons. The first-order valence-electron chi connectivity index (χ1n) is 10.6. The van der Waals surface area contributed by atoms with E-state index in [1.54, 1.807) is 6.20 Å². The summed E-state index contributed by atoms with van der Waals surface area (Å²) < 4.78 is 8.38. The molecule has 4 heterocycles. The Balaban J connectivity index is 1.81. The first-order chi connectivity index (χ1) is 15.0. The Morgan fingerprint density at radius 2 is 1.97 bits per heavy atom. The highest BCUT2D eigenvalue weighted by Crippen LogP contribution is 2.38. The standard InChI is InChI=1S/C25H25N5O/c1-4-30-24-18(13-29-30)10-17-7-8-27-14-22(17)20-6-5-15(2)9-21(20)16(3)31-23-11-19(24)12-28-25(23)26/h5-9,11-14,16H,4,10H2,1-3H3,(H2,26,28). The fraction of sp³-hybridized carbons (Fsp3) is 0.240. The van der Waals surface area contributed by atoms with Crippen molar-refractivity contribution < 1.29 is 4.74 Å². The lowest BCUT2D eigenvalue weighted by Gasteiger charge is -2.22. The van der Waals surface area contributed by atoms with Gasteiger partial charge < -0.3 is 10.5 Å². The molecule has 0 aliphatic carbocycles. The number of aryl methyl sites for hydroxylation is 2. The highest BCUT2D eigenvalue weighted by atomic mass is 16.5. The molecule has 1 unspecified atom stereocenters. The van der Waals surface area contributed by atoms with Gasteiger partial charge in [-0.2, -0.15) is 5.10 Å². The fourth-order valence-electron chi connectivity index (χ4n) is 4.35. The predicted octanol–water partition coefficient (Wildman–Crippen LogP) is 4.96. The van der Waals surface area contributed by atoms with Gasteiger partial charge in [-0.3, -0.25) is 9.67 Å². The summed E-state index contributed by atoms with van der Waals surface area (Å²) in [6, 6.07) is 10.5. The maximum atomic E-state index is 6.38. The number of nitrogens with two attached hydrogens (primary N) is 1. The number of hydrogen-bond donors (Lipinski definition) is 1. The number of benzene rings is 1. The minimum Gasteiger partial charge on any atom is -0.482 e. The Kier molecular flexibility index (Phi) is 4.70. The van der Waals surface area contributed by atoms with E-state index in [9.17, 15) is 0 Å². The van der Waals surface area contributed by atoms with Crippen LogP contribution >= 0.6 is 0 Å². The highest BCUT2D eigenvalue weighted by molar-refractivity contribution is 5.73. The highest BCUT2D eigenvalue weighted by Gasteiger charge is 2.22. The average molecular weight is 412 g/mol. The van der Waals surface area contributed by atoms with Crippen LogP contribution in [0.3, 0.4) is 0 Å². The Bertz CT molecular complexity index is 1280. The van der Waals surface area contributed by atoms with Crippen molar-refractivity contribution in [3.63, 3.8) is 0 Å². The van der Waals surface area contributed by atoms with E-state index >= 15 is 0 Å². The lowest BCUT2D eigenvalue weighted by molar-refractivity contribution is 0.228. The zero-order valence-electron chi connectivity index (χ0n) is 18.0. The number of aromatic nitrogens is 4. The van der Waals surface area contributed by atoms with E-state index in [0.717, 1.165) is 46.5 Å². The van der Waals surface area contributed by atoms with Crippen LogP contribution in [-0.2, 0) is 13.0 Å². The molecule has 0 saturated carbocycles. The Labute approximate surface area is 181 Å². The van der Waals surface area contributed by atoms with Crippen LogP contribution in [0.5, 0.6) is 5.75 Å². The van der Waals surface area contributed by atoms with Gasteiger partial charge in [0.25, 0.3) is 0 Å². The summed E-state index contributed by atoms with van der Waals surface area (Å²) in [5, 5.41) is 4.63. The molecule has 6 nitrogen and oxygen atoms in total. The monoisotopic (exact) mass is 411 g/mol. The second kappa shape index (κ2) is 7.54. The zero-order chi connectivity index (χ0) is 21.5. The maximum absolute atomic E-state index is 6.38. The number of pyridine rings is 2. The number of anilines is 1. The number of ether oxygens (including phenoxy) is 1. The van der Waals surface area contributed by atoms with E-state index < -0.39 is 0 Å². The largest absolute Gasteiger partial charge is 0.482 e. The molecule has 1 aliphatic rings. The number of nitrogens with zero attached hydrogens (tertiary/aromatic N) is 4. The molecular formula is C25H25N5O. The molecule has 1 aromatic carbocycles. The van der Waals surface area contributed by atoms with Crippen molar-refractivity contribution in [1.82, 2.24) is 19.7 Å². The average Bonchev–Trinajstić information content (AvgIpc) is 3.17. The molecule has 156 valence electrons. The third-order valence-corrected chi connectivity index (χ3v) is 5.90. The van der Waals surface area contributed by atoms with Crippen LogP contribution in [-0.4, -0.2) is 19.7 Å². The van der Waals surface area contributed by atoms with Gasteiger partial charge in [0.05, 0.1) is 11.9 Å². The first-order valence-corrected chi connectivity index (χ1v) is 10.6. The molecule has 1 aliphatic heterocycles. The summed E-state index contributed by atoms with van der Waals surface area (Å²) in [5.41, 5.74) is 15.0. The fourth-order valence-corrected chi connectivity index (χ4v) is 4.35. The molecule has 2 N–H and O–H groups in total. The van der Waals surface area contributed by atoms with Crippen molar-refractivity contribution in [3.8, 4) is 28.1 Å². The molecule has 0 saturated heterocycles. The lowest BCUT2D eigenvalue weighted by atomic mass is 9.90. The van der Waals surface area contributed by atoms with E-state index in [1.807, 2.05) is 36.3 Å². The molecule has 31 heavy (non-hydrogen) atoms. The van der Waals surface area contributed by atoms with Crippen LogP contribution in [0.25, 0.3) is 22.4 Å². The number of fused-ring (bicyclic) bond motifs is 7. The summed E-state index contributed by atoms with van der Waals surface area (Å²) in [7, 11) is 0. The summed E-state index contributed by atoms with van der Waals surface area (Å²) in [6.07, 6.45) is 8.08. The van der Waals surface area contributed by atoms with Crippen molar-refractivity contribution >= 4 is 5.82 Å². The van der Waals surface area contributed by atoms with Crippen molar-refractivity contribution in [1.29, 1.82) is 0 Å². The third kappa shape index (κ3) is 3.34. The molecular weight excluding hydrogens is 386 g/mol. The molecule has 3 aromatic heterocycles. The van der Waals surface area contributed by atoms with Crippen molar-refractivity contribution in [3.05, 3.63) is 77.4 Å². The second-order valence-corrected chi connectivity index (χ2v) is 8.00. The molecule has 4 aromatic rings. The van der Waals surface area contributed by atoms with Crippen molar-refractivity contribution in [2.75, 3.05) is 5.73 Å². The van der Waals surface area contributed by atoms with Crippen LogP contribution < -0.4 is 10.5 Å². The predicted molar refractivity (Wildman–Crippen MR) is 122 cm³/mol. The quantitative estimate of drug-likeness (QED) is 0.479. The van der Waals surface area contributed by atoms with E-state index in [2.05, 4.69) is 53.2 Å². The van der Waals surface area contributed by atoms with Crippen LogP contribution in [0.1, 0.15) is 42.2 Å². The Morgan fingerprint density at radius 1 is 1.10 bits per heavy atom. The van der Waals surface area contributed by atoms with Gasteiger partial charge in [-0.25, -0.2) is 4.98 Å². The molecule has 2 bridgehead atoms. The molecule has 6 heteroatoms. The smallest absolute Gasteiger partial charge is 0.166 e. The molecule has 0 fully saturated rings. The molecule has 5 rings (SSSR count). The van der Waals surface area contributed by atoms with Crippen LogP contribution in [0, 0.1) is 6.92 Å². The van der Waals surface area contributed by atoms with Crippen molar-refractivity contribution in [2.24, 2.45) is 0 Å². The Hall–Kier alpha value is -3.67. The van der Waals surface area contributed by atoms with Gasteiger partial charge in [0.15, 0.2) is 11.6 Å². The van der Waals surface area contributed by atoms with Gasteiger partial charge in [-0.1, -0.05) is 23.8 Å². The third-order valence-electron chi connectivity index (χ3n) is 5.90. The topological polar surface area (TPSA) is 78.9 Å². The van der Waals surface area contributed by atoms with Crippen LogP contribution in [0.2, 0.25) is 0 Å². The van der Waals surface area contributed by atoms with Gasteiger partial charge in [0.2, 0.25) is 0 Å². The van der Waals surface area contributed by atoms with Crippen LogP contribution in [0.15, 0.2) is 55.1 Å². The first kappa shape index (κ1) is 19.3. The van der Waals surface area contributed by atoms with Crippen LogP contribution in [0.4, 0.5) is 5.82 Å². The van der Waals surface area contributed by atoms with E-state index in [4.69, 9.17) is 10.5 Å². The minimum atomic E-state index is -0.211. The van der Waals surface area contributed by atoms with E-state index in [-0.39, 0.29) is 6.10 Å². The maximum Gasteiger partial charge on any atom is 0.166 e. The zero-order valence-corrected chi connectivity index (χ0v) is 18.0. The van der Waals surface area contributed by atoms with Crippen molar-refractivity contribution in [2.45, 2.75) is 39.8 Å². The van der Waals surface area contributed by atoms with E-state index in [0.29, 0.717) is 11.6 Å². The second-order valence-electron chi connectivity index (χ2n) is 8.00. The SMILES string of the molecule is CCn1ncc2c1-c1cnc(N)c(c1)OC(C)c1cc(C)ccc1-c1cnccc1C2. The summed E-state index contributed by atoms with van der Waals surface area (Å²) in [5.74, 6) is 0.965. The number of hydrogen-bond acceptors (Lipinski definition) is 5. The summed E-state index contributed by atoms with van der Waals surface area (Å²) in [4.78, 5) is 8.87. The lowest BCUT2D eigenvalue weighted by Crippen LogP contribution is -2.10. The summed E-state index contributed by atoms with van der Waals surface area (Å²) >= 11 is 0. The van der Waals surface area contributed by atoms with Gasteiger partial charge in [0.1, 0.15) is 6.10 Å². The van der Waals surface area contributed by atoms with E-state index in [1.165, 1.54) is 11.1 Å². The van der Waals surface area contributed by atoms with Gasteiger partial charge in [-0.15, -0.1) is 0 Å². The molecule has 0 amide bonds.